The zero-order chi connectivity index (χ0) is 15.9. The van der Waals surface area contributed by atoms with Crippen LogP contribution in [0.5, 0.6) is 0 Å². The predicted molar refractivity (Wildman–Crippen MR) is 89.5 cm³/mol. The van der Waals surface area contributed by atoms with Crippen LogP contribution in [0.3, 0.4) is 0 Å². The van der Waals surface area contributed by atoms with Gasteiger partial charge in [0.2, 0.25) is 5.91 Å². The number of rotatable bonds is 2. The fraction of sp³-hybridized carbons (Fsp3) is 0.333. The lowest BCUT2D eigenvalue weighted by molar-refractivity contribution is -0.127. The number of amides is 2. The van der Waals surface area contributed by atoms with Crippen molar-refractivity contribution in [2.75, 3.05) is 19.6 Å². The van der Waals surface area contributed by atoms with E-state index in [-0.39, 0.29) is 17.7 Å². The number of carbonyl (C=O) groups is 2. The van der Waals surface area contributed by atoms with E-state index in [2.05, 4.69) is 17.4 Å². The molecule has 0 radical (unpaired) electrons. The van der Waals surface area contributed by atoms with Crippen LogP contribution >= 0.6 is 11.3 Å². The molecule has 0 bridgehead atoms. The minimum absolute atomic E-state index is 0.0394. The SMILES string of the molecule is O=C(c1cccs1)N1C[C@@H](c2ccccc2)[C@@]2(CCNC2=O)C1. The third-order valence-electron chi connectivity index (χ3n) is 5.07. The summed E-state index contributed by atoms with van der Waals surface area (Å²) in [4.78, 5) is 27.9. The second kappa shape index (κ2) is 5.49. The van der Waals surface area contributed by atoms with E-state index in [0.717, 1.165) is 16.9 Å². The fourth-order valence-corrected chi connectivity index (χ4v) is 4.59. The second-order valence-electron chi connectivity index (χ2n) is 6.29. The van der Waals surface area contributed by atoms with Crippen LogP contribution in [0.4, 0.5) is 0 Å². The smallest absolute Gasteiger partial charge is 0.263 e. The molecule has 118 valence electrons. The van der Waals surface area contributed by atoms with E-state index < -0.39 is 5.41 Å². The van der Waals surface area contributed by atoms with Gasteiger partial charge in [-0.2, -0.15) is 0 Å². The molecule has 1 aromatic carbocycles. The van der Waals surface area contributed by atoms with E-state index in [9.17, 15) is 9.59 Å². The monoisotopic (exact) mass is 326 g/mol. The average molecular weight is 326 g/mol. The minimum Gasteiger partial charge on any atom is -0.356 e. The van der Waals surface area contributed by atoms with E-state index in [0.29, 0.717) is 19.6 Å². The summed E-state index contributed by atoms with van der Waals surface area (Å²) < 4.78 is 0. The van der Waals surface area contributed by atoms with E-state index in [1.165, 1.54) is 11.3 Å². The van der Waals surface area contributed by atoms with Gasteiger partial charge in [0.15, 0.2) is 0 Å². The summed E-state index contributed by atoms with van der Waals surface area (Å²) in [6.07, 6.45) is 0.791. The fourth-order valence-electron chi connectivity index (χ4n) is 3.90. The molecule has 1 aromatic heterocycles. The lowest BCUT2D eigenvalue weighted by atomic mass is 9.73. The van der Waals surface area contributed by atoms with Gasteiger partial charge in [-0.15, -0.1) is 11.3 Å². The number of likely N-dealkylation sites (tertiary alicyclic amines) is 1. The van der Waals surface area contributed by atoms with Crippen molar-refractivity contribution in [1.29, 1.82) is 0 Å². The molecule has 2 aliphatic heterocycles. The third kappa shape index (κ3) is 2.27. The van der Waals surface area contributed by atoms with Crippen molar-refractivity contribution < 1.29 is 9.59 Å². The van der Waals surface area contributed by atoms with Crippen molar-refractivity contribution >= 4 is 23.2 Å². The first-order chi connectivity index (χ1) is 11.2. The summed E-state index contributed by atoms with van der Waals surface area (Å²) in [6.45, 7) is 1.81. The quantitative estimate of drug-likeness (QED) is 0.922. The van der Waals surface area contributed by atoms with E-state index in [1.807, 2.05) is 40.6 Å². The lowest BCUT2D eigenvalue weighted by Gasteiger charge is -2.27. The Bertz CT molecular complexity index is 729. The van der Waals surface area contributed by atoms with Gasteiger partial charge in [0.1, 0.15) is 0 Å². The average Bonchev–Trinajstić information content (AvgIpc) is 3.30. The number of hydrogen-bond acceptors (Lipinski definition) is 3. The minimum atomic E-state index is -0.478. The van der Waals surface area contributed by atoms with E-state index in [1.54, 1.807) is 0 Å². The van der Waals surface area contributed by atoms with Gasteiger partial charge in [0.05, 0.1) is 10.3 Å². The topological polar surface area (TPSA) is 49.4 Å². The van der Waals surface area contributed by atoms with Crippen LogP contribution in [0, 0.1) is 5.41 Å². The standard InChI is InChI=1S/C18H18N2O2S/c21-16(15-7-4-10-23-15)20-11-14(13-5-2-1-3-6-13)18(12-20)8-9-19-17(18)22/h1-7,10,14H,8-9,11-12H2,(H,19,22)/t14-,18+/m0/s1. The van der Waals surface area contributed by atoms with Crippen LogP contribution in [0.15, 0.2) is 47.8 Å². The first-order valence-electron chi connectivity index (χ1n) is 7.87. The van der Waals surface area contributed by atoms with Crippen molar-refractivity contribution in [3.05, 3.63) is 58.3 Å². The number of hydrogen-bond donors (Lipinski definition) is 1. The molecule has 2 aromatic rings. The largest absolute Gasteiger partial charge is 0.356 e. The summed E-state index contributed by atoms with van der Waals surface area (Å²) in [6, 6.07) is 13.9. The zero-order valence-electron chi connectivity index (χ0n) is 12.7. The molecule has 2 amide bonds. The maximum atomic E-state index is 12.7. The van der Waals surface area contributed by atoms with Crippen molar-refractivity contribution in [3.63, 3.8) is 0 Å². The first-order valence-corrected chi connectivity index (χ1v) is 8.75. The lowest BCUT2D eigenvalue weighted by Crippen LogP contribution is -2.38. The highest BCUT2D eigenvalue weighted by Crippen LogP contribution is 2.48. The molecule has 2 aliphatic rings. The van der Waals surface area contributed by atoms with Crippen molar-refractivity contribution in [2.45, 2.75) is 12.3 Å². The maximum absolute atomic E-state index is 12.7. The van der Waals surface area contributed by atoms with Crippen LogP contribution in [0.1, 0.15) is 27.6 Å². The van der Waals surface area contributed by atoms with Gasteiger partial charge >= 0.3 is 0 Å². The number of nitrogens with one attached hydrogen (secondary N) is 1. The third-order valence-corrected chi connectivity index (χ3v) is 5.93. The van der Waals surface area contributed by atoms with Gasteiger partial charge in [0.25, 0.3) is 5.91 Å². The Balaban J connectivity index is 1.70. The Morgan fingerprint density at radius 1 is 1.22 bits per heavy atom. The maximum Gasteiger partial charge on any atom is 0.263 e. The Hall–Kier alpha value is -2.14. The molecule has 0 unspecified atom stereocenters. The van der Waals surface area contributed by atoms with E-state index >= 15 is 0 Å². The highest BCUT2D eigenvalue weighted by Gasteiger charge is 2.55. The van der Waals surface area contributed by atoms with Crippen molar-refractivity contribution in [1.82, 2.24) is 10.2 Å². The number of benzene rings is 1. The van der Waals surface area contributed by atoms with Gasteiger partial charge in [-0.3, -0.25) is 9.59 Å². The molecule has 2 atom stereocenters. The van der Waals surface area contributed by atoms with Gasteiger partial charge in [-0.25, -0.2) is 0 Å². The van der Waals surface area contributed by atoms with Crippen LogP contribution in [-0.4, -0.2) is 36.3 Å². The summed E-state index contributed by atoms with van der Waals surface area (Å²) in [5.74, 6) is 0.195. The van der Waals surface area contributed by atoms with Crippen molar-refractivity contribution in [3.8, 4) is 0 Å². The highest BCUT2D eigenvalue weighted by atomic mass is 32.1. The summed E-state index contributed by atoms with van der Waals surface area (Å²) >= 11 is 1.45. The molecule has 2 fully saturated rings. The van der Waals surface area contributed by atoms with Crippen LogP contribution in [-0.2, 0) is 4.79 Å². The highest BCUT2D eigenvalue weighted by molar-refractivity contribution is 7.12. The Kier molecular flexibility index (Phi) is 3.45. The molecule has 0 saturated carbocycles. The number of thiophene rings is 1. The Morgan fingerprint density at radius 2 is 2.04 bits per heavy atom. The molecule has 3 heterocycles. The van der Waals surface area contributed by atoms with Gasteiger partial charge in [-0.1, -0.05) is 36.4 Å². The zero-order valence-corrected chi connectivity index (χ0v) is 13.5. The van der Waals surface area contributed by atoms with Crippen molar-refractivity contribution in [2.24, 2.45) is 5.41 Å². The number of nitrogens with zero attached hydrogens (tertiary/aromatic N) is 1. The van der Waals surface area contributed by atoms with Gasteiger partial charge in [0, 0.05) is 25.6 Å². The predicted octanol–water partition coefficient (Wildman–Crippen LogP) is 2.49. The Labute approximate surface area is 139 Å². The van der Waals surface area contributed by atoms with Gasteiger partial charge in [-0.05, 0) is 23.4 Å². The number of carbonyl (C=O) groups excluding carboxylic acids is 2. The molecular weight excluding hydrogens is 308 g/mol. The van der Waals surface area contributed by atoms with E-state index in [4.69, 9.17) is 0 Å². The normalized spacial score (nSPS) is 26.7. The molecule has 1 N–H and O–H groups in total. The Morgan fingerprint density at radius 3 is 2.70 bits per heavy atom. The van der Waals surface area contributed by atoms with Gasteiger partial charge < -0.3 is 10.2 Å². The molecule has 23 heavy (non-hydrogen) atoms. The molecule has 4 nitrogen and oxygen atoms in total. The van der Waals surface area contributed by atoms with Crippen LogP contribution in [0.25, 0.3) is 0 Å². The first kappa shape index (κ1) is 14.5. The van der Waals surface area contributed by atoms with Crippen LogP contribution in [0.2, 0.25) is 0 Å². The van der Waals surface area contributed by atoms with Crippen LogP contribution < -0.4 is 5.32 Å². The molecule has 2 saturated heterocycles. The second-order valence-corrected chi connectivity index (χ2v) is 7.24. The summed E-state index contributed by atoms with van der Waals surface area (Å²) in [7, 11) is 0. The molecule has 1 spiro atoms. The molecule has 0 aliphatic carbocycles. The molecule has 4 rings (SSSR count). The summed E-state index contributed by atoms with van der Waals surface area (Å²) in [5.41, 5.74) is 0.667. The molecular formula is C18H18N2O2S. The molecule has 5 heteroatoms. The summed E-state index contributed by atoms with van der Waals surface area (Å²) in [5, 5.41) is 4.88.